The van der Waals surface area contributed by atoms with Gasteiger partial charge in [-0.05, 0) is 48.8 Å². The largest absolute Gasteiger partial charge is 0.497 e. The molecule has 0 aromatic heterocycles. The Hall–Kier alpha value is -1.71. The molecule has 0 saturated carbocycles. The third kappa shape index (κ3) is 4.93. The highest BCUT2D eigenvalue weighted by Gasteiger charge is 2.17. The molecule has 2 N–H and O–H groups in total. The number of ether oxygens (including phenoxy) is 1. The van der Waals surface area contributed by atoms with Gasteiger partial charge in [-0.15, -0.1) is 0 Å². The molecule has 1 aromatic carbocycles. The van der Waals surface area contributed by atoms with Gasteiger partial charge in [0.25, 0.3) is 0 Å². The molecular weight excluding hydrogens is 274 g/mol. The molecule has 2 rings (SSSR count). The van der Waals surface area contributed by atoms with E-state index in [1.54, 1.807) is 7.11 Å². The third-order valence-corrected chi connectivity index (χ3v) is 4.29. The fourth-order valence-corrected chi connectivity index (χ4v) is 2.98. The standard InChI is InChI=1S/C18H29N3O/c1-14-5-4-10-21(13-14)18(19)20-12-15(2)11-16-6-8-17(22-3)9-7-16/h6-9,14-15H,4-5,10-13H2,1-3H3,(H2,19,20). The second kappa shape index (κ2) is 8.06. The number of hydrogen-bond donors (Lipinski definition) is 1. The first kappa shape index (κ1) is 16.7. The number of aliphatic imine (C=N–C) groups is 1. The van der Waals surface area contributed by atoms with Gasteiger partial charge in [0.1, 0.15) is 5.75 Å². The van der Waals surface area contributed by atoms with Crippen LogP contribution in [0.25, 0.3) is 0 Å². The highest BCUT2D eigenvalue weighted by atomic mass is 16.5. The van der Waals surface area contributed by atoms with Gasteiger partial charge in [0.05, 0.1) is 7.11 Å². The van der Waals surface area contributed by atoms with E-state index in [0.29, 0.717) is 11.9 Å². The Morgan fingerprint density at radius 1 is 1.41 bits per heavy atom. The molecule has 1 saturated heterocycles. The Bertz CT molecular complexity index is 484. The second-order valence-electron chi connectivity index (χ2n) is 6.55. The minimum atomic E-state index is 0.481. The van der Waals surface area contributed by atoms with Crippen molar-refractivity contribution in [1.29, 1.82) is 0 Å². The zero-order valence-electron chi connectivity index (χ0n) is 14.1. The first-order valence-corrected chi connectivity index (χ1v) is 8.26. The van der Waals surface area contributed by atoms with Crippen molar-refractivity contribution in [1.82, 2.24) is 4.90 Å². The lowest BCUT2D eigenvalue weighted by molar-refractivity contribution is 0.270. The summed E-state index contributed by atoms with van der Waals surface area (Å²) in [6, 6.07) is 8.26. The number of benzene rings is 1. The zero-order chi connectivity index (χ0) is 15.9. The van der Waals surface area contributed by atoms with Crippen molar-refractivity contribution in [2.45, 2.75) is 33.1 Å². The van der Waals surface area contributed by atoms with Gasteiger partial charge in [-0.25, -0.2) is 0 Å². The quantitative estimate of drug-likeness (QED) is 0.672. The molecule has 2 unspecified atom stereocenters. The maximum Gasteiger partial charge on any atom is 0.191 e. The lowest BCUT2D eigenvalue weighted by Crippen LogP contribution is -2.43. The average Bonchev–Trinajstić information content (AvgIpc) is 2.53. The summed E-state index contributed by atoms with van der Waals surface area (Å²) in [6.07, 6.45) is 3.54. The Balaban J connectivity index is 1.82. The molecule has 0 amide bonds. The number of guanidine groups is 1. The van der Waals surface area contributed by atoms with Crippen molar-refractivity contribution in [3.63, 3.8) is 0 Å². The molecule has 2 atom stereocenters. The van der Waals surface area contributed by atoms with Gasteiger partial charge >= 0.3 is 0 Å². The summed E-state index contributed by atoms with van der Waals surface area (Å²) in [5, 5.41) is 0. The zero-order valence-corrected chi connectivity index (χ0v) is 14.1. The fraction of sp³-hybridized carbons (Fsp3) is 0.611. The lowest BCUT2D eigenvalue weighted by Gasteiger charge is -2.31. The van der Waals surface area contributed by atoms with Crippen LogP contribution in [0, 0.1) is 11.8 Å². The van der Waals surface area contributed by atoms with Crippen LogP contribution in [-0.2, 0) is 6.42 Å². The molecule has 0 radical (unpaired) electrons. The van der Waals surface area contributed by atoms with Crippen LogP contribution in [0.5, 0.6) is 5.75 Å². The molecule has 0 aliphatic carbocycles. The Kier molecular flexibility index (Phi) is 6.10. The van der Waals surface area contributed by atoms with Crippen molar-refractivity contribution < 1.29 is 4.74 Å². The smallest absolute Gasteiger partial charge is 0.191 e. The van der Waals surface area contributed by atoms with Crippen molar-refractivity contribution in [3.8, 4) is 5.75 Å². The van der Waals surface area contributed by atoms with Gasteiger partial charge in [0.15, 0.2) is 5.96 Å². The predicted octanol–water partition coefficient (Wildman–Crippen LogP) is 2.92. The van der Waals surface area contributed by atoms with E-state index in [-0.39, 0.29) is 0 Å². The maximum atomic E-state index is 6.15. The van der Waals surface area contributed by atoms with Crippen LogP contribution < -0.4 is 10.5 Å². The first-order valence-electron chi connectivity index (χ1n) is 8.26. The van der Waals surface area contributed by atoms with Crippen LogP contribution in [0.2, 0.25) is 0 Å². The third-order valence-electron chi connectivity index (χ3n) is 4.29. The van der Waals surface area contributed by atoms with Crippen LogP contribution in [0.4, 0.5) is 0 Å². The molecular formula is C18H29N3O. The Morgan fingerprint density at radius 3 is 2.77 bits per heavy atom. The first-order chi connectivity index (χ1) is 10.6. The van der Waals surface area contributed by atoms with Crippen LogP contribution in [0.3, 0.4) is 0 Å². The molecule has 122 valence electrons. The van der Waals surface area contributed by atoms with Crippen molar-refractivity contribution in [2.75, 3.05) is 26.7 Å². The van der Waals surface area contributed by atoms with Crippen molar-refractivity contribution in [3.05, 3.63) is 29.8 Å². The SMILES string of the molecule is COc1ccc(CC(C)CN=C(N)N2CCCC(C)C2)cc1. The summed E-state index contributed by atoms with van der Waals surface area (Å²) in [6.45, 7) is 7.38. The van der Waals surface area contributed by atoms with Gasteiger partial charge in [-0.3, -0.25) is 4.99 Å². The van der Waals surface area contributed by atoms with E-state index in [2.05, 4.69) is 35.9 Å². The minimum Gasteiger partial charge on any atom is -0.497 e. The van der Waals surface area contributed by atoms with Crippen molar-refractivity contribution >= 4 is 5.96 Å². The molecule has 0 spiro atoms. The van der Waals surface area contributed by atoms with Gasteiger partial charge < -0.3 is 15.4 Å². The fourth-order valence-electron chi connectivity index (χ4n) is 2.98. The Morgan fingerprint density at radius 2 is 2.14 bits per heavy atom. The summed E-state index contributed by atoms with van der Waals surface area (Å²) in [5.74, 6) is 2.82. The summed E-state index contributed by atoms with van der Waals surface area (Å²) in [4.78, 5) is 6.84. The summed E-state index contributed by atoms with van der Waals surface area (Å²) in [5.41, 5.74) is 7.46. The minimum absolute atomic E-state index is 0.481. The molecule has 4 nitrogen and oxygen atoms in total. The predicted molar refractivity (Wildman–Crippen MR) is 92.3 cm³/mol. The van der Waals surface area contributed by atoms with Crippen LogP contribution in [0.1, 0.15) is 32.3 Å². The normalized spacial score (nSPS) is 20.8. The molecule has 1 aliphatic heterocycles. The highest BCUT2D eigenvalue weighted by Crippen LogP contribution is 2.16. The number of methoxy groups -OCH3 is 1. The molecule has 0 bridgehead atoms. The Labute approximate surface area is 134 Å². The summed E-state index contributed by atoms with van der Waals surface area (Å²) >= 11 is 0. The van der Waals surface area contributed by atoms with E-state index in [1.165, 1.54) is 18.4 Å². The van der Waals surface area contributed by atoms with E-state index in [1.807, 2.05) is 12.1 Å². The molecule has 4 heteroatoms. The number of hydrogen-bond acceptors (Lipinski definition) is 2. The van der Waals surface area contributed by atoms with Crippen molar-refractivity contribution in [2.24, 2.45) is 22.6 Å². The number of likely N-dealkylation sites (tertiary alicyclic amines) is 1. The van der Waals surface area contributed by atoms with E-state index in [4.69, 9.17) is 10.5 Å². The van der Waals surface area contributed by atoms with E-state index in [9.17, 15) is 0 Å². The monoisotopic (exact) mass is 303 g/mol. The lowest BCUT2D eigenvalue weighted by atomic mass is 10.0. The number of piperidine rings is 1. The molecule has 1 aromatic rings. The van der Waals surface area contributed by atoms with E-state index < -0.39 is 0 Å². The molecule has 1 fully saturated rings. The van der Waals surface area contributed by atoms with Crippen LogP contribution in [0.15, 0.2) is 29.3 Å². The highest BCUT2D eigenvalue weighted by molar-refractivity contribution is 5.78. The second-order valence-corrected chi connectivity index (χ2v) is 6.55. The van der Waals surface area contributed by atoms with E-state index >= 15 is 0 Å². The topological polar surface area (TPSA) is 50.9 Å². The number of nitrogens with zero attached hydrogens (tertiary/aromatic N) is 2. The summed E-state index contributed by atoms with van der Waals surface area (Å²) in [7, 11) is 1.69. The van der Waals surface area contributed by atoms with Crippen LogP contribution in [-0.4, -0.2) is 37.6 Å². The maximum absolute atomic E-state index is 6.15. The van der Waals surface area contributed by atoms with Gasteiger partial charge in [-0.1, -0.05) is 26.0 Å². The average molecular weight is 303 g/mol. The molecule has 1 heterocycles. The van der Waals surface area contributed by atoms with E-state index in [0.717, 1.165) is 37.7 Å². The van der Waals surface area contributed by atoms with Gasteiger partial charge in [-0.2, -0.15) is 0 Å². The molecule has 22 heavy (non-hydrogen) atoms. The molecule has 1 aliphatic rings. The number of nitrogens with two attached hydrogens (primary N) is 1. The number of rotatable bonds is 5. The van der Waals surface area contributed by atoms with Crippen LogP contribution >= 0.6 is 0 Å². The van der Waals surface area contributed by atoms with Gasteiger partial charge in [0, 0.05) is 19.6 Å². The van der Waals surface area contributed by atoms with Gasteiger partial charge in [0.2, 0.25) is 0 Å². The summed E-state index contributed by atoms with van der Waals surface area (Å²) < 4.78 is 5.19.